The van der Waals surface area contributed by atoms with Crippen molar-refractivity contribution in [2.45, 2.75) is 25.8 Å². The van der Waals surface area contributed by atoms with Crippen molar-refractivity contribution in [3.05, 3.63) is 22.4 Å². The van der Waals surface area contributed by atoms with E-state index in [1.54, 1.807) is 6.07 Å². The van der Waals surface area contributed by atoms with Crippen LogP contribution in [0.4, 0.5) is 15.8 Å². The van der Waals surface area contributed by atoms with Crippen LogP contribution in [0.2, 0.25) is 0 Å². The van der Waals surface area contributed by atoms with Gasteiger partial charge in [0.25, 0.3) is 0 Å². The van der Waals surface area contributed by atoms with E-state index in [1.807, 2.05) is 0 Å². The van der Waals surface area contributed by atoms with Crippen molar-refractivity contribution in [1.29, 1.82) is 0 Å². The molecule has 0 spiro atoms. The summed E-state index contributed by atoms with van der Waals surface area (Å²) in [6.45, 7) is 2.18. The third-order valence-corrected chi connectivity index (χ3v) is 3.49. The summed E-state index contributed by atoms with van der Waals surface area (Å²) in [6.07, 6.45) is 2.37. The second-order valence-corrected chi connectivity index (χ2v) is 4.86. The molecule has 0 radical (unpaired) electrons. The first-order valence-corrected chi connectivity index (χ1v) is 5.92. The Balaban J connectivity index is 2.12. The Hall–Kier alpha value is -0.770. The maximum absolute atomic E-state index is 13.1. The molecule has 0 aromatic heterocycles. The molecule has 1 aliphatic rings. The van der Waals surface area contributed by atoms with Gasteiger partial charge in [0.1, 0.15) is 5.82 Å². The zero-order valence-electron chi connectivity index (χ0n) is 8.56. The molecule has 2 unspecified atom stereocenters. The van der Waals surface area contributed by atoms with E-state index in [0.29, 0.717) is 16.2 Å². The van der Waals surface area contributed by atoms with Gasteiger partial charge in [0.05, 0.1) is 15.8 Å². The summed E-state index contributed by atoms with van der Waals surface area (Å²) in [5.41, 5.74) is 7.02. The van der Waals surface area contributed by atoms with E-state index < -0.39 is 0 Å². The highest BCUT2D eigenvalue weighted by Crippen LogP contribution is 2.38. The largest absolute Gasteiger partial charge is 0.397 e. The van der Waals surface area contributed by atoms with Crippen LogP contribution in [0.15, 0.2) is 16.6 Å². The van der Waals surface area contributed by atoms with Crippen LogP contribution in [0.25, 0.3) is 0 Å². The lowest BCUT2D eigenvalue weighted by molar-refractivity contribution is 0.622. The molecule has 0 amide bonds. The van der Waals surface area contributed by atoms with Crippen LogP contribution in [-0.2, 0) is 0 Å². The van der Waals surface area contributed by atoms with Gasteiger partial charge in [0.2, 0.25) is 0 Å². The normalized spacial score (nSPS) is 23.9. The Morgan fingerprint density at radius 3 is 2.93 bits per heavy atom. The Morgan fingerprint density at radius 2 is 2.33 bits per heavy atom. The van der Waals surface area contributed by atoms with Gasteiger partial charge in [-0.15, -0.1) is 0 Å². The fraction of sp³-hybridized carbons (Fsp3) is 0.455. The molecule has 0 bridgehead atoms. The SMILES string of the molecule is CCC1CC1Nc1cc(Br)c(F)cc1N. The fourth-order valence-electron chi connectivity index (χ4n) is 1.76. The van der Waals surface area contributed by atoms with E-state index in [9.17, 15) is 4.39 Å². The molecule has 4 heteroatoms. The second kappa shape index (κ2) is 4.00. The quantitative estimate of drug-likeness (QED) is 0.828. The number of nitrogen functional groups attached to an aromatic ring is 1. The second-order valence-electron chi connectivity index (χ2n) is 4.01. The Kier molecular flexibility index (Phi) is 2.87. The predicted molar refractivity (Wildman–Crippen MR) is 64.3 cm³/mol. The molecule has 1 aliphatic carbocycles. The van der Waals surface area contributed by atoms with Gasteiger partial charge in [-0.1, -0.05) is 13.3 Å². The van der Waals surface area contributed by atoms with Crippen LogP contribution < -0.4 is 11.1 Å². The van der Waals surface area contributed by atoms with E-state index in [4.69, 9.17) is 5.73 Å². The zero-order chi connectivity index (χ0) is 11.0. The van der Waals surface area contributed by atoms with Gasteiger partial charge < -0.3 is 11.1 Å². The van der Waals surface area contributed by atoms with Crippen LogP contribution in [0, 0.1) is 11.7 Å². The summed E-state index contributed by atoms with van der Waals surface area (Å²) in [7, 11) is 0. The van der Waals surface area contributed by atoms with Crippen molar-refractivity contribution in [1.82, 2.24) is 0 Å². The number of halogens is 2. The van der Waals surface area contributed by atoms with E-state index in [-0.39, 0.29) is 5.82 Å². The Bertz CT molecular complexity index is 381. The smallest absolute Gasteiger partial charge is 0.139 e. The number of nitrogens with one attached hydrogen (secondary N) is 1. The number of hydrogen-bond acceptors (Lipinski definition) is 2. The first-order chi connectivity index (χ1) is 7.11. The molecule has 0 saturated heterocycles. The van der Waals surface area contributed by atoms with Gasteiger partial charge in [-0.2, -0.15) is 0 Å². The van der Waals surface area contributed by atoms with Crippen LogP contribution in [0.5, 0.6) is 0 Å². The van der Waals surface area contributed by atoms with Crippen LogP contribution >= 0.6 is 15.9 Å². The van der Waals surface area contributed by atoms with Gasteiger partial charge in [-0.3, -0.25) is 0 Å². The molecule has 0 aliphatic heterocycles. The summed E-state index contributed by atoms with van der Waals surface area (Å²) >= 11 is 3.15. The molecular weight excluding hydrogens is 259 g/mol. The molecule has 2 rings (SSSR count). The molecule has 15 heavy (non-hydrogen) atoms. The third kappa shape index (κ3) is 2.25. The van der Waals surface area contributed by atoms with Gasteiger partial charge >= 0.3 is 0 Å². The first kappa shape index (κ1) is 10.7. The minimum absolute atomic E-state index is 0.319. The van der Waals surface area contributed by atoms with Crippen molar-refractivity contribution in [3.8, 4) is 0 Å². The molecule has 1 aromatic rings. The van der Waals surface area contributed by atoms with E-state index in [1.165, 1.54) is 18.9 Å². The van der Waals surface area contributed by atoms with E-state index in [2.05, 4.69) is 28.2 Å². The van der Waals surface area contributed by atoms with Gasteiger partial charge in [0.15, 0.2) is 0 Å². The average Bonchev–Trinajstić information content (AvgIpc) is 2.93. The maximum atomic E-state index is 13.1. The van der Waals surface area contributed by atoms with Gasteiger partial charge in [0, 0.05) is 12.1 Å². The van der Waals surface area contributed by atoms with Crippen molar-refractivity contribution in [2.75, 3.05) is 11.1 Å². The summed E-state index contributed by atoms with van der Waals surface area (Å²) in [6, 6.07) is 3.56. The molecule has 82 valence electrons. The molecule has 2 nitrogen and oxygen atoms in total. The van der Waals surface area contributed by atoms with Crippen LogP contribution in [0.3, 0.4) is 0 Å². The average molecular weight is 273 g/mol. The lowest BCUT2D eigenvalue weighted by atomic mass is 10.2. The van der Waals surface area contributed by atoms with Crippen LogP contribution in [-0.4, -0.2) is 6.04 Å². The molecule has 0 heterocycles. The highest BCUT2D eigenvalue weighted by Gasteiger charge is 2.35. The Morgan fingerprint density at radius 1 is 1.60 bits per heavy atom. The van der Waals surface area contributed by atoms with Crippen molar-refractivity contribution < 1.29 is 4.39 Å². The minimum atomic E-state index is -0.319. The standard InChI is InChI=1S/C11H14BrFN2/c1-2-6-3-10(6)15-11-4-7(12)8(13)5-9(11)14/h4-6,10,15H,2-3,14H2,1H3. The number of anilines is 2. The lowest BCUT2D eigenvalue weighted by Crippen LogP contribution is -2.07. The first-order valence-electron chi connectivity index (χ1n) is 5.13. The number of hydrogen-bond donors (Lipinski definition) is 2. The van der Waals surface area contributed by atoms with Gasteiger partial charge in [-0.05, 0) is 34.3 Å². The van der Waals surface area contributed by atoms with E-state index in [0.717, 1.165) is 11.6 Å². The number of benzene rings is 1. The molecular formula is C11H14BrFN2. The summed E-state index contributed by atoms with van der Waals surface area (Å²) in [5, 5.41) is 3.33. The third-order valence-electron chi connectivity index (χ3n) is 2.88. The zero-order valence-corrected chi connectivity index (χ0v) is 10.1. The Labute approximate surface area is 97.2 Å². The summed E-state index contributed by atoms with van der Waals surface area (Å²) in [4.78, 5) is 0. The fourth-order valence-corrected chi connectivity index (χ4v) is 2.11. The van der Waals surface area contributed by atoms with Crippen molar-refractivity contribution in [3.63, 3.8) is 0 Å². The van der Waals surface area contributed by atoms with E-state index >= 15 is 0 Å². The summed E-state index contributed by atoms with van der Waals surface area (Å²) in [5.74, 6) is 0.425. The number of nitrogens with two attached hydrogens (primary N) is 1. The topological polar surface area (TPSA) is 38.0 Å². The predicted octanol–water partition coefficient (Wildman–Crippen LogP) is 3.38. The van der Waals surface area contributed by atoms with Crippen molar-refractivity contribution >= 4 is 27.3 Å². The lowest BCUT2D eigenvalue weighted by Gasteiger charge is -2.09. The highest BCUT2D eigenvalue weighted by molar-refractivity contribution is 9.10. The minimum Gasteiger partial charge on any atom is -0.397 e. The molecule has 2 atom stereocenters. The molecule has 1 fully saturated rings. The molecule has 1 aromatic carbocycles. The highest BCUT2D eigenvalue weighted by atomic mass is 79.9. The van der Waals surface area contributed by atoms with Crippen molar-refractivity contribution in [2.24, 2.45) is 5.92 Å². The van der Waals surface area contributed by atoms with Crippen LogP contribution in [0.1, 0.15) is 19.8 Å². The number of rotatable bonds is 3. The molecule has 3 N–H and O–H groups in total. The van der Waals surface area contributed by atoms with Gasteiger partial charge in [-0.25, -0.2) is 4.39 Å². The molecule has 1 saturated carbocycles. The monoisotopic (exact) mass is 272 g/mol. The maximum Gasteiger partial charge on any atom is 0.139 e. The summed E-state index contributed by atoms with van der Waals surface area (Å²) < 4.78 is 13.6.